The van der Waals surface area contributed by atoms with Crippen LogP contribution in [0.2, 0.25) is 0 Å². The lowest BCUT2D eigenvalue weighted by atomic mass is 9.72. The van der Waals surface area contributed by atoms with E-state index >= 15 is 0 Å². The molecule has 0 radical (unpaired) electrons. The van der Waals surface area contributed by atoms with Gasteiger partial charge >= 0.3 is 0 Å². The molecule has 0 amide bonds. The number of hydrogen-bond acceptors (Lipinski definition) is 7. The predicted molar refractivity (Wildman–Crippen MR) is 114 cm³/mol. The summed E-state index contributed by atoms with van der Waals surface area (Å²) in [6.45, 7) is 9.92. The van der Waals surface area contributed by atoms with Crippen molar-refractivity contribution in [2.75, 3.05) is 0 Å². The summed E-state index contributed by atoms with van der Waals surface area (Å²) < 4.78 is 5.47. The lowest BCUT2D eigenvalue weighted by Crippen LogP contribution is -2.31. The molecule has 0 saturated heterocycles. The van der Waals surface area contributed by atoms with Gasteiger partial charge in [-0.15, -0.1) is 0 Å². The lowest BCUT2D eigenvalue weighted by Gasteiger charge is -2.31. The molecule has 0 aliphatic carbocycles. The van der Waals surface area contributed by atoms with E-state index in [-0.39, 0.29) is 11.7 Å². The Hall–Kier alpha value is -3.68. The van der Waals surface area contributed by atoms with Crippen LogP contribution in [0.3, 0.4) is 0 Å². The van der Waals surface area contributed by atoms with E-state index in [1.165, 1.54) is 6.20 Å². The van der Waals surface area contributed by atoms with Gasteiger partial charge in [0, 0.05) is 24.2 Å². The van der Waals surface area contributed by atoms with Crippen molar-refractivity contribution in [1.29, 1.82) is 0 Å². The maximum atomic E-state index is 5.74. The quantitative estimate of drug-likeness (QED) is 0.530. The first-order valence-electron chi connectivity index (χ1n) is 9.21. The molecule has 1 unspecified atom stereocenters. The number of aliphatic imine (C=N–C) groups is 1. The van der Waals surface area contributed by atoms with E-state index in [1.54, 1.807) is 18.5 Å². The third-order valence-electron chi connectivity index (χ3n) is 5.14. The van der Waals surface area contributed by atoms with Gasteiger partial charge in [-0.3, -0.25) is 5.10 Å². The van der Waals surface area contributed by atoms with Gasteiger partial charge in [0.25, 0.3) is 5.89 Å². The molecule has 8 nitrogen and oxygen atoms in total. The fraction of sp³-hybridized carbons (Fsp3) is 0.238. The Balaban J connectivity index is 1.96. The number of aromatic nitrogens is 4. The van der Waals surface area contributed by atoms with Crippen LogP contribution < -0.4 is 11.5 Å². The molecule has 2 heterocycles. The molecule has 29 heavy (non-hydrogen) atoms. The van der Waals surface area contributed by atoms with Gasteiger partial charge in [-0.25, -0.2) is 4.99 Å². The summed E-state index contributed by atoms with van der Waals surface area (Å²) in [6.07, 6.45) is 4.72. The summed E-state index contributed by atoms with van der Waals surface area (Å²) in [4.78, 5) is 8.64. The Bertz CT molecular complexity index is 1030. The maximum Gasteiger partial charge on any atom is 0.275 e. The van der Waals surface area contributed by atoms with Crippen molar-refractivity contribution < 1.29 is 4.52 Å². The molecule has 0 bridgehead atoms. The van der Waals surface area contributed by atoms with Gasteiger partial charge in [0.15, 0.2) is 5.82 Å². The number of H-pyrrole nitrogens is 1. The Morgan fingerprint density at radius 3 is 2.55 bits per heavy atom. The van der Waals surface area contributed by atoms with Crippen LogP contribution in [0.1, 0.15) is 37.7 Å². The fourth-order valence-electron chi connectivity index (χ4n) is 3.01. The smallest absolute Gasteiger partial charge is 0.275 e. The Labute approximate surface area is 169 Å². The Morgan fingerprint density at radius 1 is 1.28 bits per heavy atom. The molecule has 0 saturated carbocycles. The molecule has 8 heteroatoms. The number of nitrogens with two attached hydrogens (primary N) is 2. The SMILES string of the molecule is C=C(N)N=C/C(=C\N)c1ccc(C(C)(c2noc(-c3ccn[nH]3)n2)C(C)C)cc1. The van der Waals surface area contributed by atoms with Crippen molar-refractivity contribution in [2.24, 2.45) is 22.4 Å². The van der Waals surface area contributed by atoms with E-state index < -0.39 is 5.41 Å². The van der Waals surface area contributed by atoms with Crippen LogP contribution in [0, 0.1) is 5.92 Å². The molecule has 150 valence electrons. The molecule has 1 aromatic carbocycles. The topological polar surface area (TPSA) is 132 Å². The third kappa shape index (κ3) is 3.96. The van der Waals surface area contributed by atoms with Crippen molar-refractivity contribution in [3.63, 3.8) is 0 Å². The molecule has 5 N–H and O–H groups in total. The van der Waals surface area contributed by atoms with Gasteiger partial charge in [0.1, 0.15) is 11.5 Å². The van der Waals surface area contributed by atoms with Crippen LogP contribution in [-0.2, 0) is 5.41 Å². The van der Waals surface area contributed by atoms with Crippen molar-refractivity contribution in [1.82, 2.24) is 20.3 Å². The first kappa shape index (κ1) is 20.1. The first-order valence-corrected chi connectivity index (χ1v) is 9.21. The number of rotatable bonds is 7. The summed E-state index contributed by atoms with van der Waals surface area (Å²) in [5.74, 6) is 1.46. The van der Waals surface area contributed by atoms with Gasteiger partial charge in [0.05, 0.1) is 5.41 Å². The van der Waals surface area contributed by atoms with Gasteiger partial charge in [-0.2, -0.15) is 10.1 Å². The minimum atomic E-state index is -0.452. The largest absolute Gasteiger partial charge is 0.404 e. The van der Waals surface area contributed by atoms with Gasteiger partial charge in [-0.05, 0) is 30.0 Å². The number of nitrogens with one attached hydrogen (secondary N) is 1. The average Bonchev–Trinajstić information content (AvgIpc) is 3.39. The van der Waals surface area contributed by atoms with Crippen LogP contribution in [0.4, 0.5) is 0 Å². The Morgan fingerprint density at radius 2 is 2.00 bits per heavy atom. The van der Waals surface area contributed by atoms with Crippen LogP contribution in [0.25, 0.3) is 17.2 Å². The third-order valence-corrected chi connectivity index (χ3v) is 5.14. The second kappa shape index (κ2) is 8.14. The molecule has 1 atom stereocenters. The zero-order chi connectivity index (χ0) is 21.0. The molecule has 0 aliphatic heterocycles. The zero-order valence-corrected chi connectivity index (χ0v) is 16.8. The predicted octanol–water partition coefficient (Wildman–Crippen LogP) is 3.22. The number of hydrogen-bond donors (Lipinski definition) is 3. The highest BCUT2D eigenvalue weighted by Crippen LogP contribution is 2.38. The average molecular weight is 391 g/mol. The molecule has 0 aliphatic rings. The summed E-state index contributed by atoms with van der Waals surface area (Å²) in [5, 5.41) is 11.0. The molecular formula is C21H25N7O. The van der Waals surface area contributed by atoms with E-state index in [0.29, 0.717) is 17.4 Å². The molecule has 0 spiro atoms. The number of aromatic amines is 1. The van der Waals surface area contributed by atoms with Crippen molar-refractivity contribution >= 4 is 11.8 Å². The number of benzene rings is 1. The summed E-state index contributed by atoms with van der Waals surface area (Å²) in [5.41, 5.74) is 14.2. The molecule has 0 fully saturated rings. The van der Waals surface area contributed by atoms with E-state index in [4.69, 9.17) is 16.0 Å². The zero-order valence-electron chi connectivity index (χ0n) is 16.8. The Kier molecular flexibility index (Phi) is 5.63. The normalized spacial score (nSPS) is 14.4. The number of allylic oxidation sites excluding steroid dienone is 1. The minimum absolute atomic E-state index is 0.215. The van der Waals surface area contributed by atoms with Gasteiger partial charge in [0.2, 0.25) is 0 Å². The van der Waals surface area contributed by atoms with Gasteiger partial charge in [-0.1, -0.05) is 49.8 Å². The molecule has 3 rings (SSSR count). The van der Waals surface area contributed by atoms with Crippen molar-refractivity contribution in [2.45, 2.75) is 26.2 Å². The highest BCUT2D eigenvalue weighted by molar-refractivity contribution is 6.09. The monoisotopic (exact) mass is 391 g/mol. The van der Waals surface area contributed by atoms with Crippen LogP contribution >= 0.6 is 0 Å². The summed E-state index contributed by atoms with van der Waals surface area (Å²) >= 11 is 0. The first-order chi connectivity index (χ1) is 13.9. The molecule has 3 aromatic rings. The maximum absolute atomic E-state index is 5.74. The lowest BCUT2D eigenvalue weighted by molar-refractivity contribution is 0.350. The van der Waals surface area contributed by atoms with E-state index in [0.717, 1.165) is 16.7 Å². The van der Waals surface area contributed by atoms with Crippen molar-refractivity contribution in [3.05, 3.63) is 72.1 Å². The summed E-state index contributed by atoms with van der Waals surface area (Å²) in [7, 11) is 0. The van der Waals surface area contributed by atoms with Crippen LogP contribution in [-0.4, -0.2) is 26.6 Å². The molecular weight excluding hydrogens is 366 g/mol. The highest BCUT2D eigenvalue weighted by atomic mass is 16.5. The second-order valence-corrected chi connectivity index (χ2v) is 7.20. The minimum Gasteiger partial charge on any atom is -0.404 e. The van der Waals surface area contributed by atoms with E-state index in [2.05, 4.69) is 52.7 Å². The van der Waals surface area contributed by atoms with E-state index in [9.17, 15) is 0 Å². The van der Waals surface area contributed by atoms with E-state index in [1.807, 2.05) is 24.3 Å². The second-order valence-electron chi connectivity index (χ2n) is 7.20. The number of nitrogens with zero attached hydrogens (tertiary/aromatic N) is 4. The van der Waals surface area contributed by atoms with Crippen molar-refractivity contribution in [3.8, 4) is 11.6 Å². The summed E-state index contributed by atoms with van der Waals surface area (Å²) in [6, 6.07) is 9.83. The highest BCUT2D eigenvalue weighted by Gasteiger charge is 2.37. The van der Waals surface area contributed by atoms with Gasteiger partial charge < -0.3 is 16.0 Å². The molecule has 2 aromatic heterocycles. The van der Waals surface area contributed by atoms with Crippen LogP contribution in [0.5, 0.6) is 0 Å². The fourth-order valence-corrected chi connectivity index (χ4v) is 3.01. The van der Waals surface area contributed by atoms with Crippen LogP contribution in [0.15, 0.2) is 64.6 Å². The standard InChI is InChI=1S/C21H25N7O/c1-13(2)21(4,20-26-19(29-28-20)18-9-10-25-27-18)17-7-5-15(6-8-17)16(11-22)12-24-14(3)23/h5-13H,3,22-23H2,1-2,4H3,(H,25,27)/b16-11+,24-12?.